The zero-order valence-corrected chi connectivity index (χ0v) is 16.0. The summed E-state index contributed by atoms with van der Waals surface area (Å²) in [6.45, 7) is 2.73. The molecule has 4 heterocycles. The molecule has 0 spiro atoms. The lowest BCUT2D eigenvalue weighted by Gasteiger charge is -2.41. The van der Waals surface area contributed by atoms with Gasteiger partial charge < -0.3 is 14.4 Å². The van der Waals surface area contributed by atoms with Crippen LogP contribution < -0.4 is 14.4 Å². The molecule has 2 aliphatic heterocycles. The van der Waals surface area contributed by atoms with Crippen molar-refractivity contribution in [3.63, 3.8) is 0 Å². The number of aromatic nitrogens is 3. The predicted octanol–water partition coefficient (Wildman–Crippen LogP) is 3.05. The molecule has 0 N–H and O–H groups in total. The molecule has 0 bridgehead atoms. The van der Waals surface area contributed by atoms with Crippen LogP contribution in [0, 0.1) is 0 Å². The fourth-order valence-corrected chi connectivity index (χ4v) is 3.79. The Hall–Kier alpha value is -2.32. The third kappa shape index (κ3) is 3.10. The Morgan fingerprint density at radius 3 is 2.65 bits per heavy atom. The van der Waals surface area contributed by atoms with E-state index in [0.29, 0.717) is 22.6 Å². The fraction of sp³-hybridized carbons (Fsp3) is 0.353. The topological polar surface area (TPSA) is 63.6 Å². The Morgan fingerprint density at radius 2 is 2.00 bits per heavy atom. The number of hydrogen-bond acceptors (Lipinski definition) is 8. The van der Waals surface area contributed by atoms with Crippen molar-refractivity contribution in [3.8, 4) is 10.9 Å². The van der Waals surface area contributed by atoms with E-state index in [0.717, 1.165) is 35.2 Å². The van der Waals surface area contributed by atoms with Crippen LogP contribution in [0.2, 0.25) is 5.15 Å². The van der Waals surface area contributed by atoms with Gasteiger partial charge in [0.2, 0.25) is 5.13 Å². The molecule has 0 saturated carbocycles. The van der Waals surface area contributed by atoms with E-state index in [-0.39, 0.29) is 0 Å². The summed E-state index contributed by atoms with van der Waals surface area (Å²) in [6, 6.07) is 1.83. The first-order chi connectivity index (χ1) is 12.7. The van der Waals surface area contributed by atoms with Gasteiger partial charge in [-0.25, -0.2) is 4.98 Å². The Balaban J connectivity index is 1.73. The van der Waals surface area contributed by atoms with Crippen LogP contribution in [0.25, 0.3) is 5.57 Å². The summed E-state index contributed by atoms with van der Waals surface area (Å²) in [5.74, 6) is 1.81. The summed E-state index contributed by atoms with van der Waals surface area (Å²) in [5, 5.41) is 10.1. The van der Waals surface area contributed by atoms with Crippen LogP contribution in [0.4, 0.5) is 5.13 Å². The average molecular weight is 392 g/mol. The second kappa shape index (κ2) is 7.13. The second-order valence-corrected chi connectivity index (χ2v) is 7.21. The molecule has 2 aliphatic rings. The summed E-state index contributed by atoms with van der Waals surface area (Å²) >= 11 is 7.53. The van der Waals surface area contributed by atoms with Crippen molar-refractivity contribution in [2.75, 3.05) is 38.8 Å². The summed E-state index contributed by atoms with van der Waals surface area (Å²) in [7, 11) is 3.23. The molecule has 0 amide bonds. The van der Waals surface area contributed by atoms with Crippen molar-refractivity contribution in [3.05, 3.63) is 41.0 Å². The molecular formula is C17H18ClN5O2S. The van der Waals surface area contributed by atoms with Crippen LogP contribution in [0.15, 0.2) is 30.2 Å². The van der Waals surface area contributed by atoms with Crippen LogP contribution in [0.3, 0.4) is 0 Å². The maximum absolute atomic E-state index is 6.11. The largest absolute Gasteiger partial charge is 0.494 e. The normalized spacial score (nSPS) is 16.7. The lowest BCUT2D eigenvalue weighted by Crippen LogP contribution is -2.44. The van der Waals surface area contributed by atoms with Gasteiger partial charge in [-0.3, -0.25) is 4.90 Å². The van der Waals surface area contributed by atoms with Crippen molar-refractivity contribution >= 4 is 33.6 Å². The Morgan fingerprint density at radius 1 is 1.15 bits per heavy atom. The number of halogens is 1. The molecule has 0 aromatic carbocycles. The highest BCUT2D eigenvalue weighted by Crippen LogP contribution is 2.37. The summed E-state index contributed by atoms with van der Waals surface area (Å²) < 4.78 is 10.7. The number of ether oxygens (including phenoxy) is 2. The number of pyridine rings is 1. The molecule has 0 aliphatic carbocycles. The van der Waals surface area contributed by atoms with E-state index in [1.165, 1.54) is 17.8 Å². The van der Waals surface area contributed by atoms with Gasteiger partial charge in [-0.15, -0.1) is 5.10 Å². The third-order valence-electron chi connectivity index (χ3n) is 4.42. The number of nitrogens with zero attached hydrogens (tertiary/aromatic N) is 5. The fourth-order valence-electron chi connectivity index (χ4n) is 2.96. The smallest absolute Gasteiger partial charge is 0.295 e. The van der Waals surface area contributed by atoms with Gasteiger partial charge >= 0.3 is 0 Å². The van der Waals surface area contributed by atoms with Crippen LogP contribution in [0.5, 0.6) is 10.9 Å². The van der Waals surface area contributed by atoms with E-state index >= 15 is 0 Å². The number of rotatable bonds is 5. The van der Waals surface area contributed by atoms with E-state index < -0.39 is 0 Å². The minimum atomic E-state index is 0.434. The van der Waals surface area contributed by atoms with Gasteiger partial charge in [-0.05, 0) is 35.5 Å². The average Bonchev–Trinajstić information content (AvgIpc) is 3.09. The van der Waals surface area contributed by atoms with Crippen LogP contribution in [-0.2, 0) is 0 Å². The maximum atomic E-state index is 6.11. The van der Waals surface area contributed by atoms with E-state index in [4.69, 9.17) is 21.1 Å². The Labute approximate surface area is 160 Å². The highest BCUT2D eigenvalue weighted by atomic mass is 35.5. The van der Waals surface area contributed by atoms with Crippen LogP contribution in [0.1, 0.15) is 12.0 Å². The molecule has 0 radical (unpaired) electrons. The highest BCUT2D eigenvalue weighted by Gasteiger charge is 2.29. The first-order valence-electron chi connectivity index (χ1n) is 8.20. The van der Waals surface area contributed by atoms with E-state index in [2.05, 4.69) is 37.1 Å². The van der Waals surface area contributed by atoms with Gasteiger partial charge in [0, 0.05) is 18.7 Å². The molecule has 1 saturated heterocycles. The SMILES string of the molecule is COc1nnc(N2CC(c3cc(Cl)ncc3OC)=CC=C2N2CCC2)s1. The van der Waals surface area contributed by atoms with Crippen molar-refractivity contribution in [1.82, 2.24) is 20.1 Å². The van der Waals surface area contributed by atoms with Crippen molar-refractivity contribution in [2.24, 2.45) is 0 Å². The number of hydrogen-bond donors (Lipinski definition) is 0. The van der Waals surface area contributed by atoms with Crippen LogP contribution in [-0.4, -0.2) is 53.9 Å². The summed E-state index contributed by atoms with van der Waals surface area (Å²) in [6.07, 6.45) is 7.07. The zero-order chi connectivity index (χ0) is 18.1. The first kappa shape index (κ1) is 17.1. The highest BCUT2D eigenvalue weighted by molar-refractivity contribution is 7.17. The minimum Gasteiger partial charge on any atom is -0.494 e. The van der Waals surface area contributed by atoms with Gasteiger partial charge in [0.1, 0.15) is 16.7 Å². The predicted molar refractivity (Wildman–Crippen MR) is 102 cm³/mol. The summed E-state index contributed by atoms with van der Waals surface area (Å²) in [5.41, 5.74) is 2.00. The molecule has 1 fully saturated rings. The minimum absolute atomic E-state index is 0.434. The molecule has 2 aromatic heterocycles. The number of likely N-dealkylation sites (tertiary alicyclic amines) is 1. The summed E-state index contributed by atoms with van der Waals surface area (Å²) in [4.78, 5) is 8.59. The van der Waals surface area contributed by atoms with Crippen molar-refractivity contribution in [2.45, 2.75) is 6.42 Å². The Kier molecular flexibility index (Phi) is 4.69. The van der Waals surface area contributed by atoms with Crippen molar-refractivity contribution in [1.29, 1.82) is 0 Å². The molecule has 9 heteroatoms. The quantitative estimate of drug-likeness (QED) is 0.726. The molecule has 26 heavy (non-hydrogen) atoms. The molecule has 4 rings (SSSR count). The van der Waals surface area contributed by atoms with E-state index in [9.17, 15) is 0 Å². The maximum Gasteiger partial charge on any atom is 0.295 e. The number of allylic oxidation sites excluding steroid dienone is 2. The number of anilines is 1. The van der Waals surface area contributed by atoms with Gasteiger partial charge in [-0.2, -0.15) is 0 Å². The molecule has 7 nitrogen and oxygen atoms in total. The molecule has 0 unspecified atom stereocenters. The first-order valence-corrected chi connectivity index (χ1v) is 9.40. The molecule has 136 valence electrons. The van der Waals surface area contributed by atoms with Crippen molar-refractivity contribution < 1.29 is 9.47 Å². The monoisotopic (exact) mass is 391 g/mol. The standard InChI is InChI=1S/C17H18ClN5O2S/c1-24-13-9-19-14(18)8-12(13)11-4-5-15(22-6-3-7-22)23(10-11)16-20-21-17(25-2)26-16/h4-5,8-9H,3,6-7,10H2,1-2H3. The second-order valence-electron chi connectivity index (χ2n) is 5.91. The van der Waals surface area contributed by atoms with Gasteiger partial charge in [0.15, 0.2) is 0 Å². The van der Waals surface area contributed by atoms with Gasteiger partial charge in [0.05, 0.1) is 27.0 Å². The number of methoxy groups -OCH3 is 2. The van der Waals surface area contributed by atoms with E-state index in [1.807, 2.05) is 6.07 Å². The Bertz CT molecular complexity index is 878. The molecule has 0 atom stereocenters. The van der Waals surface area contributed by atoms with Crippen LogP contribution >= 0.6 is 22.9 Å². The van der Waals surface area contributed by atoms with Gasteiger partial charge in [-0.1, -0.05) is 22.8 Å². The molecule has 2 aromatic rings. The lowest BCUT2D eigenvalue weighted by molar-refractivity contribution is 0.232. The molecular weight excluding hydrogens is 374 g/mol. The van der Waals surface area contributed by atoms with E-state index in [1.54, 1.807) is 20.4 Å². The lowest BCUT2D eigenvalue weighted by atomic mass is 10.0. The zero-order valence-electron chi connectivity index (χ0n) is 14.5. The van der Waals surface area contributed by atoms with Gasteiger partial charge in [0.25, 0.3) is 5.19 Å². The third-order valence-corrected chi connectivity index (χ3v) is 5.53.